The number of carboxylic acid groups (broad SMARTS) is 1. The number of ether oxygens (including phenoxy) is 1. The zero-order valence-corrected chi connectivity index (χ0v) is 17.1. The summed E-state index contributed by atoms with van der Waals surface area (Å²) in [6.07, 6.45) is 0.932. The van der Waals surface area contributed by atoms with Gasteiger partial charge in [-0.2, -0.15) is 0 Å². The summed E-state index contributed by atoms with van der Waals surface area (Å²) in [5, 5.41) is 23.1. The second kappa shape index (κ2) is 10.4. The first-order chi connectivity index (χ1) is 12.5. The molecule has 0 aromatic carbocycles. The van der Waals surface area contributed by atoms with Crippen LogP contribution < -0.4 is 5.32 Å². The lowest BCUT2D eigenvalue weighted by atomic mass is 9.99. The van der Waals surface area contributed by atoms with Crippen molar-refractivity contribution in [1.29, 1.82) is 0 Å². The number of rotatable bonds is 9. The van der Waals surface area contributed by atoms with Crippen LogP contribution in [0.4, 0.5) is 10.5 Å². The van der Waals surface area contributed by atoms with E-state index in [4.69, 9.17) is 4.74 Å². The molecule has 0 aliphatic heterocycles. The van der Waals surface area contributed by atoms with Gasteiger partial charge in [0.1, 0.15) is 22.9 Å². The predicted octanol–water partition coefficient (Wildman–Crippen LogP) is 3.73. The molecule has 0 spiro atoms. The molecule has 0 saturated heterocycles. The highest BCUT2D eigenvalue weighted by Crippen LogP contribution is 2.33. The van der Waals surface area contributed by atoms with E-state index < -0.39 is 28.6 Å². The van der Waals surface area contributed by atoms with E-state index in [2.05, 4.69) is 10.3 Å². The number of aliphatic carboxylic acids is 1. The van der Waals surface area contributed by atoms with Crippen molar-refractivity contribution < 1.29 is 24.4 Å². The summed E-state index contributed by atoms with van der Waals surface area (Å²) in [6.45, 7) is 6.93. The van der Waals surface area contributed by atoms with Crippen LogP contribution in [0, 0.1) is 16.0 Å². The molecule has 0 saturated carbocycles. The lowest BCUT2D eigenvalue weighted by molar-refractivity contribution is -0.385. The van der Waals surface area contributed by atoms with Crippen LogP contribution in [0.2, 0.25) is 0 Å². The second-order valence-corrected chi connectivity index (χ2v) is 8.97. The van der Waals surface area contributed by atoms with Crippen molar-refractivity contribution in [2.75, 3.05) is 5.75 Å². The molecule has 1 heterocycles. The zero-order valence-electron chi connectivity index (χ0n) is 15.5. The molecule has 0 fully saturated rings. The van der Waals surface area contributed by atoms with Gasteiger partial charge in [-0.1, -0.05) is 17.7 Å². The van der Waals surface area contributed by atoms with E-state index in [0.29, 0.717) is 17.2 Å². The quantitative estimate of drug-likeness (QED) is 0.350. The Hall–Kier alpha value is -2.01. The van der Waals surface area contributed by atoms with Crippen molar-refractivity contribution in [3.05, 3.63) is 28.4 Å². The minimum absolute atomic E-state index is 0.0942. The van der Waals surface area contributed by atoms with E-state index in [0.717, 1.165) is 0 Å². The molecule has 11 heteroatoms. The number of nitro groups is 1. The monoisotopic (exact) mass is 417 g/mol. The van der Waals surface area contributed by atoms with Crippen molar-refractivity contribution in [2.24, 2.45) is 5.92 Å². The fourth-order valence-electron chi connectivity index (χ4n) is 1.98. The number of pyridine rings is 1. The molecule has 1 rings (SSSR count). The lowest BCUT2D eigenvalue weighted by Gasteiger charge is -2.26. The standard InChI is InChI=1S/C16H23N3O6S2/c1-5-10(13(14(20)21)18-15(22)25-16(2,3)4)9-26-27-12-7-6-11(8-17-12)19(23)24/h6-8,10,13H,5,9H2,1-4H3,(H,18,22)(H,20,21)/t10-,13+/m1/s1. The van der Waals surface area contributed by atoms with E-state index in [1.54, 1.807) is 20.8 Å². The number of hydrogen-bond donors (Lipinski definition) is 2. The largest absolute Gasteiger partial charge is 0.480 e. The van der Waals surface area contributed by atoms with Gasteiger partial charge in [0, 0.05) is 11.8 Å². The molecule has 0 aliphatic rings. The van der Waals surface area contributed by atoms with Gasteiger partial charge in [-0.3, -0.25) is 10.1 Å². The van der Waals surface area contributed by atoms with Crippen molar-refractivity contribution in [1.82, 2.24) is 10.3 Å². The second-order valence-electron chi connectivity index (χ2n) is 6.61. The summed E-state index contributed by atoms with van der Waals surface area (Å²) in [7, 11) is 2.66. The van der Waals surface area contributed by atoms with Gasteiger partial charge < -0.3 is 15.2 Å². The average Bonchev–Trinajstić information content (AvgIpc) is 2.55. The number of hydrogen-bond acceptors (Lipinski definition) is 8. The minimum Gasteiger partial charge on any atom is -0.480 e. The Balaban J connectivity index is 2.63. The van der Waals surface area contributed by atoms with Crippen molar-refractivity contribution >= 4 is 39.3 Å². The fraction of sp³-hybridized carbons (Fsp3) is 0.562. The maximum absolute atomic E-state index is 11.9. The van der Waals surface area contributed by atoms with Gasteiger partial charge in [0.15, 0.2) is 0 Å². The van der Waals surface area contributed by atoms with Crippen molar-refractivity contribution in [3.63, 3.8) is 0 Å². The Labute approximate surface area is 165 Å². The molecule has 0 unspecified atom stereocenters. The van der Waals surface area contributed by atoms with Gasteiger partial charge >= 0.3 is 12.1 Å². The molecule has 150 valence electrons. The maximum Gasteiger partial charge on any atom is 0.408 e. The van der Waals surface area contributed by atoms with Crippen LogP contribution in [0.1, 0.15) is 34.1 Å². The molecule has 0 bridgehead atoms. The minimum atomic E-state index is -1.13. The molecule has 0 aliphatic carbocycles. The Morgan fingerprint density at radius 3 is 2.52 bits per heavy atom. The SMILES string of the molecule is CC[C@H](CSSc1ccc([N+](=O)[O-])cn1)[C@H](NC(=O)OC(C)(C)C)C(=O)O. The summed E-state index contributed by atoms with van der Waals surface area (Å²) in [5.41, 5.74) is -0.815. The molecule has 2 N–H and O–H groups in total. The van der Waals surface area contributed by atoms with Crippen molar-refractivity contribution in [3.8, 4) is 0 Å². The number of carbonyl (C=O) groups is 2. The highest BCUT2D eigenvalue weighted by atomic mass is 33.1. The topological polar surface area (TPSA) is 132 Å². The summed E-state index contributed by atoms with van der Waals surface area (Å²) >= 11 is 0. The highest BCUT2D eigenvalue weighted by molar-refractivity contribution is 8.76. The number of nitrogens with zero attached hydrogens (tertiary/aromatic N) is 2. The van der Waals surface area contributed by atoms with Crippen molar-refractivity contribution in [2.45, 2.75) is 50.8 Å². The summed E-state index contributed by atoms with van der Waals surface area (Å²) in [6, 6.07) is 1.81. The third-order valence-electron chi connectivity index (χ3n) is 3.29. The van der Waals surface area contributed by atoms with Gasteiger partial charge in [-0.25, -0.2) is 14.6 Å². The highest BCUT2D eigenvalue weighted by Gasteiger charge is 2.30. The summed E-state index contributed by atoms with van der Waals surface area (Å²) < 4.78 is 5.13. The maximum atomic E-state index is 11.9. The molecular formula is C16H23N3O6S2. The Bertz CT molecular complexity index is 663. The van der Waals surface area contributed by atoms with Crippen LogP contribution >= 0.6 is 21.6 Å². The zero-order chi connectivity index (χ0) is 20.6. The van der Waals surface area contributed by atoms with Crippen LogP contribution in [-0.4, -0.2) is 44.5 Å². The van der Waals surface area contributed by atoms with E-state index in [1.807, 2.05) is 6.92 Å². The summed E-state index contributed by atoms with van der Waals surface area (Å²) in [5.74, 6) is -1.02. The molecule has 9 nitrogen and oxygen atoms in total. The summed E-state index contributed by atoms with van der Waals surface area (Å²) in [4.78, 5) is 37.6. The fourth-order valence-corrected chi connectivity index (χ4v) is 4.37. The number of nitrogens with one attached hydrogen (secondary N) is 1. The molecule has 27 heavy (non-hydrogen) atoms. The van der Waals surface area contributed by atoms with E-state index >= 15 is 0 Å². The number of alkyl carbamates (subject to hydrolysis) is 1. The predicted molar refractivity (Wildman–Crippen MR) is 104 cm³/mol. The van der Waals surface area contributed by atoms with Gasteiger partial charge in [-0.15, -0.1) is 0 Å². The molecule has 1 aromatic heterocycles. The van der Waals surface area contributed by atoms with Crippen LogP contribution in [0.3, 0.4) is 0 Å². The van der Waals surface area contributed by atoms with Crippen LogP contribution in [0.5, 0.6) is 0 Å². The lowest BCUT2D eigenvalue weighted by Crippen LogP contribution is -2.48. The molecule has 1 aromatic rings. The number of aromatic nitrogens is 1. The molecular weight excluding hydrogens is 394 g/mol. The third kappa shape index (κ3) is 8.48. The Morgan fingerprint density at radius 2 is 2.07 bits per heavy atom. The normalized spacial score (nSPS) is 13.5. The van der Waals surface area contributed by atoms with E-state index in [-0.39, 0.29) is 11.6 Å². The molecule has 2 atom stereocenters. The van der Waals surface area contributed by atoms with E-state index in [1.165, 1.54) is 39.9 Å². The first-order valence-electron chi connectivity index (χ1n) is 8.15. The van der Waals surface area contributed by atoms with Gasteiger partial charge in [0.25, 0.3) is 5.69 Å². The van der Waals surface area contributed by atoms with Gasteiger partial charge in [-0.05, 0) is 50.0 Å². The first-order valence-corrected chi connectivity index (χ1v) is 10.5. The number of carbonyl (C=O) groups excluding carboxylic acids is 1. The van der Waals surface area contributed by atoms with Crippen LogP contribution in [0.25, 0.3) is 0 Å². The van der Waals surface area contributed by atoms with E-state index in [9.17, 15) is 24.8 Å². The van der Waals surface area contributed by atoms with Crippen LogP contribution in [0.15, 0.2) is 23.4 Å². The van der Waals surface area contributed by atoms with Gasteiger partial charge in [0.05, 0.1) is 4.92 Å². The Kier molecular flexibility index (Phi) is 8.83. The molecule has 1 amide bonds. The third-order valence-corrected chi connectivity index (χ3v) is 5.66. The Morgan fingerprint density at radius 1 is 1.41 bits per heavy atom. The first kappa shape index (κ1) is 23.0. The number of amides is 1. The van der Waals surface area contributed by atoms with Gasteiger partial charge in [0.2, 0.25) is 0 Å². The smallest absolute Gasteiger partial charge is 0.408 e. The molecule has 0 radical (unpaired) electrons. The average molecular weight is 418 g/mol. The van der Waals surface area contributed by atoms with Crippen LogP contribution in [-0.2, 0) is 9.53 Å². The number of carboxylic acids is 1.